The predicted molar refractivity (Wildman–Crippen MR) is 123 cm³/mol. The van der Waals surface area contributed by atoms with E-state index in [0.29, 0.717) is 11.9 Å². The number of aryl methyl sites for hydroxylation is 1. The van der Waals surface area contributed by atoms with Gasteiger partial charge in [-0.05, 0) is 50.2 Å². The summed E-state index contributed by atoms with van der Waals surface area (Å²) in [4.78, 5) is 11.5. The molecule has 0 amide bonds. The molecule has 29 heavy (non-hydrogen) atoms. The summed E-state index contributed by atoms with van der Waals surface area (Å²) in [6.07, 6.45) is 0. The number of anilines is 3. The molecule has 0 fully saturated rings. The Bertz CT molecular complexity index is 935. The number of hydrogen-bond donors (Lipinski definition) is 2. The molecule has 2 aromatic carbocycles. The molecule has 3 rings (SSSR count). The van der Waals surface area contributed by atoms with Gasteiger partial charge in [-0.2, -0.15) is 4.98 Å². The van der Waals surface area contributed by atoms with E-state index in [-0.39, 0.29) is 0 Å². The second kappa shape index (κ2) is 9.52. The lowest BCUT2D eigenvalue weighted by molar-refractivity contribution is 0.425. The van der Waals surface area contributed by atoms with Crippen molar-refractivity contribution in [2.24, 2.45) is 0 Å². The third-order valence-corrected chi connectivity index (χ3v) is 4.80. The molecule has 5 heteroatoms. The molecule has 0 aliphatic heterocycles. The molecule has 152 valence electrons. The Hall–Kier alpha value is -2.92. The van der Waals surface area contributed by atoms with E-state index in [4.69, 9.17) is 4.98 Å². The maximum absolute atomic E-state index is 4.72. The summed E-state index contributed by atoms with van der Waals surface area (Å²) in [5, 5.41) is 6.80. The summed E-state index contributed by atoms with van der Waals surface area (Å²) >= 11 is 0. The van der Waals surface area contributed by atoms with Crippen molar-refractivity contribution in [2.75, 3.05) is 37.8 Å². The molecule has 0 bridgehead atoms. The molecule has 1 aromatic heterocycles. The van der Waals surface area contributed by atoms with Gasteiger partial charge < -0.3 is 15.5 Å². The van der Waals surface area contributed by atoms with Gasteiger partial charge >= 0.3 is 0 Å². The zero-order chi connectivity index (χ0) is 20.8. The molecule has 0 saturated carbocycles. The van der Waals surface area contributed by atoms with E-state index in [1.165, 1.54) is 11.1 Å². The number of nitrogens with one attached hydrogen (secondary N) is 2. The Morgan fingerprint density at radius 2 is 1.72 bits per heavy atom. The molecule has 2 N–H and O–H groups in total. The first-order valence-corrected chi connectivity index (χ1v) is 10.1. The predicted octanol–water partition coefficient (Wildman–Crippen LogP) is 5.29. The fraction of sp³-hybridized carbons (Fsp3) is 0.333. The highest BCUT2D eigenvalue weighted by Crippen LogP contribution is 2.26. The van der Waals surface area contributed by atoms with Gasteiger partial charge in [-0.25, -0.2) is 4.98 Å². The molecule has 0 saturated heterocycles. The third-order valence-electron chi connectivity index (χ3n) is 4.80. The topological polar surface area (TPSA) is 53.1 Å². The zero-order valence-electron chi connectivity index (χ0n) is 18.0. The van der Waals surface area contributed by atoms with Crippen molar-refractivity contribution in [1.82, 2.24) is 14.9 Å². The average Bonchev–Trinajstić information content (AvgIpc) is 2.68. The van der Waals surface area contributed by atoms with E-state index in [0.717, 1.165) is 35.9 Å². The summed E-state index contributed by atoms with van der Waals surface area (Å²) in [5.41, 5.74) is 5.65. The maximum atomic E-state index is 4.72. The van der Waals surface area contributed by atoms with Crippen LogP contribution in [-0.4, -0.2) is 42.1 Å². The van der Waals surface area contributed by atoms with Crippen molar-refractivity contribution in [1.29, 1.82) is 0 Å². The van der Waals surface area contributed by atoms with Crippen molar-refractivity contribution < 1.29 is 0 Å². The van der Waals surface area contributed by atoms with Gasteiger partial charge in [0, 0.05) is 30.4 Å². The summed E-state index contributed by atoms with van der Waals surface area (Å²) in [6.45, 7) is 8.30. The van der Waals surface area contributed by atoms with Crippen LogP contribution in [0.2, 0.25) is 0 Å². The first-order chi connectivity index (χ1) is 13.9. The summed E-state index contributed by atoms with van der Waals surface area (Å²) in [7, 11) is 4.11. The van der Waals surface area contributed by atoms with E-state index < -0.39 is 0 Å². The van der Waals surface area contributed by atoms with Crippen LogP contribution in [0.4, 0.5) is 17.5 Å². The first-order valence-electron chi connectivity index (χ1n) is 10.1. The molecule has 1 heterocycles. The maximum Gasteiger partial charge on any atom is 0.225 e. The van der Waals surface area contributed by atoms with Crippen molar-refractivity contribution in [2.45, 2.75) is 26.7 Å². The van der Waals surface area contributed by atoms with Crippen molar-refractivity contribution >= 4 is 17.5 Å². The molecule has 0 aliphatic carbocycles. The quantitative estimate of drug-likeness (QED) is 0.548. The van der Waals surface area contributed by atoms with Gasteiger partial charge in [-0.1, -0.05) is 50.2 Å². The van der Waals surface area contributed by atoms with Crippen molar-refractivity contribution in [3.63, 3.8) is 0 Å². The summed E-state index contributed by atoms with van der Waals surface area (Å²) in [6, 6.07) is 18.7. The minimum Gasteiger partial charge on any atom is -0.353 e. The highest BCUT2D eigenvalue weighted by molar-refractivity contribution is 5.67. The van der Waals surface area contributed by atoms with E-state index in [1.807, 2.05) is 24.3 Å². The second-order valence-electron chi connectivity index (χ2n) is 7.91. The Kier molecular flexibility index (Phi) is 6.83. The normalized spacial score (nSPS) is 11.1. The lowest BCUT2D eigenvalue weighted by Gasteiger charge is -2.15. The molecule has 0 atom stereocenters. The summed E-state index contributed by atoms with van der Waals surface area (Å²) in [5.74, 6) is 1.93. The minimum absolute atomic E-state index is 0.514. The number of likely N-dealkylation sites (N-methyl/N-ethyl adjacent to an activating group) is 1. The first kappa shape index (κ1) is 20.8. The van der Waals surface area contributed by atoms with Gasteiger partial charge in [-0.15, -0.1) is 0 Å². The average molecular weight is 390 g/mol. The van der Waals surface area contributed by atoms with Crippen LogP contribution in [0.5, 0.6) is 0 Å². The molecule has 0 radical (unpaired) electrons. The number of aromatic nitrogens is 2. The lowest BCUT2D eigenvalue weighted by atomic mass is 9.98. The van der Waals surface area contributed by atoms with Gasteiger partial charge in [0.05, 0.1) is 5.69 Å². The SMILES string of the molecule is Cc1cc(Nc2cc(-c3ccccc3)nc(NCCN(C)C)n2)ccc1C(C)C. The van der Waals surface area contributed by atoms with Crippen LogP contribution in [0.15, 0.2) is 54.6 Å². The van der Waals surface area contributed by atoms with Gasteiger partial charge in [-0.3, -0.25) is 0 Å². The van der Waals surface area contributed by atoms with Crippen molar-refractivity contribution in [3.05, 3.63) is 65.7 Å². The number of hydrogen-bond acceptors (Lipinski definition) is 5. The standard InChI is InChI=1S/C24H31N5/c1-17(2)21-12-11-20(15-18(21)3)26-23-16-22(19-9-7-6-8-10-19)27-24(28-23)25-13-14-29(4)5/h6-12,15-17H,13-14H2,1-5H3,(H2,25,26,27,28). The highest BCUT2D eigenvalue weighted by atomic mass is 15.2. The Morgan fingerprint density at radius 1 is 0.966 bits per heavy atom. The minimum atomic E-state index is 0.514. The van der Waals surface area contributed by atoms with Crippen LogP contribution in [-0.2, 0) is 0 Å². The molecule has 0 spiro atoms. The van der Waals surface area contributed by atoms with Crippen LogP contribution >= 0.6 is 0 Å². The molecule has 3 aromatic rings. The van der Waals surface area contributed by atoms with Gasteiger partial charge in [0.1, 0.15) is 5.82 Å². The van der Waals surface area contributed by atoms with Gasteiger partial charge in [0.25, 0.3) is 0 Å². The Balaban J connectivity index is 1.89. The fourth-order valence-corrected chi connectivity index (χ4v) is 3.29. The Labute approximate surface area is 174 Å². The molecule has 0 unspecified atom stereocenters. The van der Waals surface area contributed by atoms with E-state index in [2.05, 4.69) is 85.7 Å². The van der Waals surface area contributed by atoms with Crippen LogP contribution in [0.3, 0.4) is 0 Å². The number of nitrogens with zero attached hydrogens (tertiary/aromatic N) is 3. The number of benzene rings is 2. The van der Waals surface area contributed by atoms with Gasteiger partial charge in [0.15, 0.2) is 0 Å². The molecule has 5 nitrogen and oxygen atoms in total. The van der Waals surface area contributed by atoms with E-state index in [1.54, 1.807) is 0 Å². The van der Waals surface area contributed by atoms with Crippen LogP contribution < -0.4 is 10.6 Å². The number of rotatable bonds is 8. The smallest absolute Gasteiger partial charge is 0.225 e. The van der Waals surface area contributed by atoms with Crippen molar-refractivity contribution in [3.8, 4) is 11.3 Å². The van der Waals surface area contributed by atoms with E-state index >= 15 is 0 Å². The zero-order valence-corrected chi connectivity index (χ0v) is 18.0. The fourth-order valence-electron chi connectivity index (χ4n) is 3.29. The monoisotopic (exact) mass is 389 g/mol. The lowest BCUT2D eigenvalue weighted by Crippen LogP contribution is -2.21. The van der Waals surface area contributed by atoms with Crippen LogP contribution in [0.25, 0.3) is 11.3 Å². The molecular weight excluding hydrogens is 358 g/mol. The molecular formula is C24H31N5. The van der Waals surface area contributed by atoms with Crippen LogP contribution in [0, 0.1) is 6.92 Å². The Morgan fingerprint density at radius 3 is 2.38 bits per heavy atom. The third kappa shape index (κ3) is 5.78. The summed E-state index contributed by atoms with van der Waals surface area (Å²) < 4.78 is 0. The van der Waals surface area contributed by atoms with E-state index in [9.17, 15) is 0 Å². The van der Waals surface area contributed by atoms with Crippen LogP contribution in [0.1, 0.15) is 30.9 Å². The largest absolute Gasteiger partial charge is 0.353 e. The molecule has 0 aliphatic rings. The highest BCUT2D eigenvalue weighted by Gasteiger charge is 2.09. The van der Waals surface area contributed by atoms with Gasteiger partial charge in [0.2, 0.25) is 5.95 Å². The second-order valence-corrected chi connectivity index (χ2v) is 7.91.